The number of hydrogen-bond acceptors (Lipinski definition) is 4. The number of carbonyl (C=O) groups is 1. The molecule has 22 heavy (non-hydrogen) atoms. The molecule has 6 nitrogen and oxygen atoms in total. The first-order valence-corrected chi connectivity index (χ1v) is 6.91. The summed E-state index contributed by atoms with van der Waals surface area (Å²) in [5, 5.41) is 10.7. The van der Waals surface area contributed by atoms with Gasteiger partial charge in [-0.3, -0.25) is 4.79 Å². The SMILES string of the molecule is Cc1ccccc1OCC(=O)Nc1ccc2nnn(C)c2c1. The molecule has 2 aromatic carbocycles. The van der Waals surface area contributed by atoms with Crippen LogP contribution in [-0.4, -0.2) is 27.5 Å². The molecule has 1 amide bonds. The standard InChI is InChI=1S/C16H16N4O2/c1-11-5-3-4-6-15(11)22-10-16(21)17-12-7-8-13-14(9-12)20(2)19-18-13/h3-9H,10H2,1-2H3,(H,17,21). The van der Waals surface area contributed by atoms with Crippen LogP contribution in [0.5, 0.6) is 5.75 Å². The van der Waals surface area contributed by atoms with Crippen molar-refractivity contribution >= 4 is 22.6 Å². The molecular weight excluding hydrogens is 280 g/mol. The Balaban J connectivity index is 1.65. The molecule has 0 saturated heterocycles. The van der Waals surface area contributed by atoms with Crippen LogP contribution in [0.15, 0.2) is 42.5 Å². The van der Waals surface area contributed by atoms with Gasteiger partial charge in [0, 0.05) is 12.7 Å². The Morgan fingerprint density at radius 1 is 1.27 bits per heavy atom. The summed E-state index contributed by atoms with van der Waals surface area (Å²) in [5.74, 6) is 0.502. The van der Waals surface area contributed by atoms with Gasteiger partial charge >= 0.3 is 0 Å². The van der Waals surface area contributed by atoms with Gasteiger partial charge in [0.05, 0.1) is 5.52 Å². The number of aromatic nitrogens is 3. The fraction of sp³-hybridized carbons (Fsp3) is 0.188. The monoisotopic (exact) mass is 296 g/mol. The smallest absolute Gasteiger partial charge is 0.262 e. The van der Waals surface area contributed by atoms with Crippen molar-refractivity contribution in [2.45, 2.75) is 6.92 Å². The van der Waals surface area contributed by atoms with Gasteiger partial charge < -0.3 is 10.1 Å². The Kier molecular flexibility index (Phi) is 3.74. The van der Waals surface area contributed by atoms with Crippen molar-refractivity contribution in [1.82, 2.24) is 15.0 Å². The summed E-state index contributed by atoms with van der Waals surface area (Å²) in [5.41, 5.74) is 3.34. The van der Waals surface area contributed by atoms with Crippen LogP contribution >= 0.6 is 0 Å². The molecule has 112 valence electrons. The highest BCUT2D eigenvalue weighted by atomic mass is 16.5. The zero-order valence-corrected chi connectivity index (χ0v) is 12.4. The molecule has 0 radical (unpaired) electrons. The number of amides is 1. The van der Waals surface area contributed by atoms with Gasteiger partial charge in [-0.05, 0) is 36.8 Å². The molecular formula is C16H16N4O2. The number of anilines is 1. The highest BCUT2D eigenvalue weighted by Crippen LogP contribution is 2.18. The lowest BCUT2D eigenvalue weighted by molar-refractivity contribution is -0.118. The molecule has 0 aliphatic rings. The molecule has 0 fully saturated rings. The maximum absolute atomic E-state index is 12.0. The van der Waals surface area contributed by atoms with E-state index in [1.165, 1.54) is 0 Å². The number of ether oxygens (including phenoxy) is 1. The predicted octanol–water partition coefficient (Wildman–Crippen LogP) is 2.29. The fourth-order valence-corrected chi connectivity index (χ4v) is 2.17. The lowest BCUT2D eigenvalue weighted by atomic mass is 10.2. The van der Waals surface area contributed by atoms with E-state index in [1.54, 1.807) is 10.7 Å². The van der Waals surface area contributed by atoms with Crippen LogP contribution in [0.4, 0.5) is 5.69 Å². The first kappa shape index (κ1) is 14.1. The van der Waals surface area contributed by atoms with Crippen molar-refractivity contribution in [3.63, 3.8) is 0 Å². The summed E-state index contributed by atoms with van der Waals surface area (Å²) in [6.45, 7) is 1.91. The highest BCUT2D eigenvalue weighted by Gasteiger charge is 2.07. The van der Waals surface area contributed by atoms with E-state index in [0.717, 1.165) is 16.6 Å². The number of benzene rings is 2. The number of aryl methyl sites for hydroxylation is 2. The Bertz CT molecular complexity index is 826. The van der Waals surface area contributed by atoms with Crippen LogP contribution in [0.2, 0.25) is 0 Å². The van der Waals surface area contributed by atoms with Gasteiger partial charge in [-0.25, -0.2) is 4.68 Å². The number of nitrogens with zero attached hydrogens (tertiary/aromatic N) is 3. The van der Waals surface area contributed by atoms with E-state index in [-0.39, 0.29) is 12.5 Å². The molecule has 0 aliphatic carbocycles. The van der Waals surface area contributed by atoms with E-state index in [2.05, 4.69) is 15.6 Å². The normalized spacial score (nSPS) is 10.6. The first-order chi connectivity index (χ1) is 10.6. The Labute approximate surface area is 127 Å². The van der Waals surface area contributed by atoms with E-state index in [9.17, 15) is 4.79 Å². The minimum atomic E-state index is -0.210. The van der Waals surface area contributed by atoms with Crippen LogP contribution in [0, 0.1) is 6.92 Å². The molecule has 3 rings (SSSR count). The second kappa shape index (κ2) is 5.85. The van der Waals surface area contributed by atoms with E-state index in [0.29, 0.717) is 11.4 Å². The van der Waals surface area contributed by atoms with Crippen molar-refractivity contribution in [2.75, 3.05) is 11.9 Å². The zero-order valence-electron chi connectivity index (χ0n) is 12.4. The van der Waals surface area contributed by atoms with Gasteiger partial charge in [-0.15, -0.1) is 5.10 Å². The molecule has 3 aromatic rings. The second-order valence-electron chi connectivity index (χ2n) is 5.02. The summed E-state index contributed by atoms with van der Waals surface area (Å²) in [7, 11) is 1.81. The van der Waals surface area contributed by atoms with Gasteiger partial charge in [0.15, 0.2) is 6.61 Å². The molecule has 0 atom stereocenters. The third-order valence-corrected chi connectivity index (χ3v) is 3.35. The van der Waals surface area contributed by atoms with Crippen LogP contribution in [0.1, 0.15) is 5.56 Å². The number of carbonyl (C=O) groups excluding carboxylic acids is 1. The van der Waals surface area contributed by atoms with Crippen molar-refractivity contribution in [3.05, 3.63) is 48.0 Å². The summed E-state index contributed by atoms with van der Waals surface area (Å²) in [4.78, 5) is 12.0. The van der Waals surface area contributed by atoms with E-state index in [1.807, 2.05) is 50.4 Å². The summed E-state index contributed by atoms with van der Waals surface area (Å²) in [6, 6.07) is 13.0. The summed E-state index contributed by atoms with van der Waals surface area (Å²) >= 11 is 0. The average molecular weight is 296 g/mol. The van der Waals surface area contributed by atoms with Gasteiger partial charge in [-0.1, -0.05) is 23.4 Å². The minimum absolute atomic E-state index is 0.0352. The van der Waals surface area contributed by atoms with Gasteiger partial charge in [-0.2, -0.15) is 0 Å². The number of fused-ring (bicyclic) bond motifs is 1. The number of rotatable bonds is 4. The predicted molar refractivity (Wildman–Crippen MR) is 83.8 cm³/mol. The lowest BCUT2D eigenvalue weighted by Crippen LogP contribution is -2.20. The van der Waals surface area contributed by atoms with Crippen LogP contribution in [0.3, 0.4) is 0 Å². The molecule has 0 aliphatic heterocycles. The summed E-state index contributed by atoms with van der Waals surface area (Å²) < 4.78 is 7.19. The zero-order chi connectivity index (χ0) is 15.5. The molecule has 0 unspecified atom stereocenters. The van der Waals surface area contributed by atoms with E-state index < -0.39 is 0 Å². The fourth-order valence-electron chi connectivity index (χ4n) is 2.17. The van der Waals surface area contributed by atoms with Crippen molar-refractivity contribution in [1.29, 1.82) is 0 Å². The van der Waals surface area contributed by atoms with E-state index >= 15 is 0 Å². The lowest BCUT2D eigenvalue weighted by Gasteiger charge is -2.09. The van der Waals surface area contributed by atoms with Gasteiger partial charge in [0.2, 0.25) is 0 Å². The second-order valence-corrected chi connectivity index (χ2v) is 5.02. The first-order valence-electron chi connectivity index (χ1n) is 6.91. The topological polar surface area (TPSA) is 69.0 Å². The molecule has 1 heterocycles. The van der Waals surface area contributed by atoms with Crippen LogP contribution < -0.4 is 10.1 Å². The summed E-state index contributed by atoms with van der Waals surface area (Å²) in [6.07, 6.45) is 0. The molecule has 1 aromatic heterocycles. The Hall–Kier alpha value is -2.89. The number of hydrogen-bond donors (Lipinski definition) is 1. The van der Waals surface area contributed by atoms with Gasteiger partial charge in [0.1, 0.15) is 11.3 Å². The molecule has 0 bridgehead atoms. The maximum atomic E-state index is 12.0. The molecule has 6 heteroatoms. The van der Waals surface area contributed by atoms with Crippen LogP contribution in [-0.2, 0) is 11.8 Å². The minimum Gasteiger partial charge on any atom is -0.483 e. The Morgan fingerprint density at radius 2 is 2.09 bits per heavy atom. The van der Waals surface area contributed by atoms with Crippen molar-refractivity contribution in [3.8, 4) is 5.75 Å². The van der Waals surface area contributed by atoms with Gasteiger partial charge in [0.25, 0.3) is 5.91 Å². The van der Waals surface area contributed by atoms with Crippen molar-refractivity contribution < 1.29 is 9.53 Å². The third kappa shape index (κ3) is 2.90. The van der Waals surface area contributed by atoms with Crippen LogP contribution in [0.25, 0.3) is 11.0 Å². The molecule has 1 N–H and O–H groups in total. The van der Waals surface area contributed by atoms with Crippen molar-refractivity contribution in [2.24, 2.45) is 7.05 Å². The molecule has 0 spiro atoms. The van der Waals surface area contributed by atoms with E-state index in [4.69, 9.17) is 4.74 Å². The third-order valence-electron chi connectivity index (χ3n) is 3.35. The molecule has 0 saturated carbocycles. The average Bonchev–Trinajstić information content (AvgIpc) is 2.88. The number of para-hydroxylation sites is 1. The quantitative estimate of drug-likeness (QED) is 0.802. The highest BCUT2D eigenvalue weighted by molar-refractivity contribution is 5.93. The Morgan fingerprint density at radius 3 is 2.91 bits per heavy atom. The largest absolute Gasteiger partial charge is 0.483 e. The number of nitrogens with one attached hydrogen (secondary N) is 1. The maximum Gasteiger partial charge on any atom is 0.262 e.